The van der Waals surface area contributed by atoms with E-state index in [0.29, 0.717) is 0 Å². The maximum Gasteiger partial charge on any atom is 0.254 e. The number of carbonyl (C=O) groups is 1. The molecule has 4 heteroatoms. The highest BCUT2D eigenvalue weighted by Crippen LogP contribution is 2.37. The molecule has 3 nitrogen and oxygen atoms in total. The van der Waals surface area contributed by atoms with Crippen molar-refractivity contribution in [1.29, 1.82) is 0 Å². The van der Waals surface area contributed by atoms with E-state index in [-0.39, 0.29) is 5.91 Å². The summed E-state index contributed by atoms with van der Waals surface area (Å²) in [7, 11) is 0. The number of hydrogen-bond donors (Lipinski definition) is 1. The normalized spacial score (nSPS) is 18.6. The molecule has 0 spiro atoms. The van der Waals surface area contributed by atoms with Gasteiger partial charge in [-0.3, -0.25) is 4.79 Å². The maximum absolute atomic E-state index is 12.1. The van der Waals surface area contributed by atoms with Crippen molar-refractivity contribution in [2.24, 2.45) is 0 Å². The van der Waals surface area contributed by atoms with Crippen LogP contribution in [0.3, 0.4) is 0 Å². The molecule has 2 aliphatic rings. The fraction of sp³-hybridized carbons (Fsp3) is 0.308. The Bertz CT molecular complexity index is 510. The molecular weight excluding hydrogens is 232 g/mol. The molecule has 1 aromatic carbocycles. The van der Waals surface area contributed by atoms with E-state index in [0.717, 1.165) is 35.0 Å². The Balaban J connectivity index is 2.17. The fourth-order valence-electron chi connectivity index (χ4n) is 2.38. The van der Waals surface area contributed by atoms with Crippen LogP contribution in [0.25, 0.3) is 0 Å². The zero-order valence-electron chi connectivity index (χ0n) is 9.69. The van der Waals surface area contributed by atoms with Crippen LogP contribution in [-0.2, 0) is 4.79 Å². The molecule has 1 amide bonds. The summed E-state index contributed by atoms with van der Waals surface area (Å²) in [5.74, 6) is 1.82. The highest BCUT2D eigenvalue weighted by atomic mass is 32.2. The third-order valence-electron chi connectivity index (χ3n) is 3.19. The molecule has 0 aromatic heterocycles. The van der Waals surface area contributed by atoms with Gasteiger partial charge in [-0.25, -0.2) is 0 Å². The zero-order chi connectivity index (χ0) is 11.8. The lowest BCUT2D eigenvalue weighted by Gasteiger charge is -2.24. The van der Waals surface area contributed by atoms with Crippen LogP contribution in [0.1, 0.15) is 6.92 Å². The topological polar surface area (TPSA) is 32.3 Å². The minimum atomic E-state index is 0.0633. The van der Waals surface area contributed by atoms with Crippen LogP contribution in [0, 0.1) is 0 Å². The number of fused-ring (bicyclic) bond motifs is 1. The second kappa shape index (κ2) is 4.11. The summed E-state index contributed by atoms with van der Waals surface area (Å²) in [6.45, 7) is 3.02. The summed E-state index contributed by atoms with van der Waals surface area (Å²) in [6.07, 6.45) is 0. The molecule has 0 radical (unpaired) electrons. The third kappa shape index (κ3) is 1.63. The van der Waals surface area contributed by atoms with E-state index >= 15 is 0 Å². The van der Waals surface area contributed by atoms with Gasteiger partial charge in [-0.1, -0.05) is 12.1 Å². The number of nitrogens with zero attached hydrogens (tertiary/aromatic N) is 1. The highest BCUT2D eigenvalue weighted by Gasteiger charge is 2.29. The lowest BCUT2D eigenvalue weighted by atomic mass is 10.2. The molecule has 0 aliphatic carbocycles. The van der Waals surface area contributed by atoms with Gasteiger partial charge < -0.3 is 10.2 Å². The van der Waals surface area contributed by atoms with E-state index in [1.165, 1.54) is 5.70 Å². The van der Waals surface area contributed by atoms with Gasteiger partial charge in [-0.05, 0) is 19.1 Å². The quantitative estimate of drug-likeness (QED) is 0.826. The van der Waals surface area contributed by atoms with Crippen molar-refractivity contribution in [1.82, 2.24) is 0 Å². The average Bonchev–Trinajstić information content (AvgIpc) is 2.77. The minimum absolute atomic E-state index is 0.0633. The van der Waals surface area contributed by atoms with Crippen LogP contribution in [0.2, 0.25) is 0 Å². The molecular formula is C13H14N2OS. The Morgan fingerprint density at radius 2 is 2.18 bits per heavy atom. The van der Waals surface area contributed by atoms with Crippen LogP contribution >= 0.6 is 11.8 Å². The lowest BCUT2D eigenvalue weighted by molar-refractivity contribution is -0.112. The first-order valence-corrected chi connectivity index (χ1v) is 6.94. The van der Waals surface area contributed by atoms with Gasteiger partial charge >= 0.3 is 0 Å². The molecule has 1 N–H and O–H groups in total. The molecule has 0 saturated carbocycles. The Morgan fingerprint density at radius 1 is 1.35 bits per heavy atom. The predicted molar refractivity (Wildman–Crippen MR) is 72.4 cm³/mol. The molecule has 88 valence electrons. The Kier molecular flexibility index (Phi) is 2.59. The van der Waals surface area contributed by atoms with Crippen molar-refractivity contribution >= 4 is 29.0 Å². The van der Waals surface area contributed by atoms with Gasteiger partial charge in [0.25, 0.3) is 5.91 Å². The molecule has 2 aliphatic heterocycles. The van der Waals surface area contributed by atoms with Gasteiger partial charge in [0, 0.05) is 29.3 Å². The van der Waals surface area contributed by atoms with E-state index in [9.17, 15) is 4.79 Å². The summed E-state index contributed by atoms with van der Waals surface area (Å²) in [5, 5.41) is 3.01. The predicted octanol–water partition coefficient (Wildman–Crippen LogP) is 2.47. The average molecular weight is 246 g/mol. The molecule has 3 rings (SSSR count). The summed E-state index contributed by atoms with van der Waals surface area (Å²) >= 11 is 1.81. The Labute approximate surface area is 105 Å². The maximum atomic E-state index is 12.1. The van der Waals surface area contributed by atoms with Crippen LogP contribution in [0.15, 0.2) is 35.5 Å². The summed E-state index contributed by atoms with van der Waals surface area (Å²) in [5.41, 5.74) is 4.14. The third-order valence-corrected chi connectivity index (χ3v) is 4.16. The van der Waals surface area contributed by atoms with E-state index in [1.54, 1.807) is 0 Å². The second-order valence-corrected chi connectivity index (χ2v) is 5.12. The number of rotatable bonds is 1. The number of anilines is 2. The van der Waals surface area contributed by atoms with Crippen molar-refractivity contribution < 1.29 is 4.79 Å². The van der Waals surface area contributed by atoms with E-state index in [1.807, 2.05) is 30.0 Å². The van der Waals surface area contributed by atoms with Crippen LogP contribution in [0.4, 0.5) is 11.4 Å². The Hall–Kier alpha value is -1.42. The smallest absolute Gasteiger partial charge is 0.254 e. The van der Waals surface area contributed by atoms with Crippen molar-refractivity contribution in [2.45, 2.75) is 6.92 Å². The van der Waals surface area contributed by atoms with Crippen molar-refractivity contribution in [3.05, 3.63) is 35.5 Å². The molecule has 0 bridgehead atoms. The number of thioether (sulfide) groups is 1. The summed E-state index contributed by atoms with van der Waals surface area (Å²) < 4.78 is 0. The van der Waals surface area contributed by atoms with Crippen molar-refractivity contribution in [3.8, 4) is 0 Å². The fourth-order valence-corrected chi connectivity index (χ4v) is 3.50. The van der Waals surface area contributed by atoms with Gasteiger partial charge in [0.1, 0.15) is 0 Å². The minimum Gasteiger partial charge on any atom is -0.342 e. The monoisotopic (exact) mass is 246 g/mol. The number of hydrogen-bond acceptors (Lipinski definition) is 3. The number of carbonyl (C=O) groups excluding carboxylic acids is 1. The highest BCUT2D eigenvalue weighted by molar-refractivity contribution is 8.00. The van der Waals surface area contributed by atoms with Crippen molar-refractivity contribution in [2.75, 3.05) is 28.3 Å². The molecule has 0 unspecified atom stereocenters. The standard InChI is InChI=1S/C13H14N2OS/c1-2-15-11-6-4-3-5-10(11)14-13(16)9-7-17-8-12(9)15/h3-6H,2,7-8H2,1H3,(H,14,16). The lowest BCUT2D eigenvalue weighted by Crippen LogP contribution is -2.23. The molecule has 0 saturated heterocycles. The van der Waals surface area contributed by atoms with Crippen molar-refractivity contribution in [3.63, 3.8) is 0 Å². The first-order valence-electron chi connectivity index (χ1n) is 5.79. The SMILES string of the molecule is CCN1C2=C(CSC2)C(=O)Nc2ccccc21. The number of para-hydroxylation sites is 2. The Morgan fingerprint density at radius 3 is 3.00 bits per heavy atom. The largest absolute Gasteiger partial charge is 0.342 e. The van der Waals surface area contributed by atoms with E-state index in [4.69, 9.17) is 0 Å². The van der Waals surface area contributed by atoms with Crippen LogP contribution in [-0.4, -0.2) is 24.0 Å². The molecule has 2 heterocycles. The molecule has 0 atom stereocenters. The first kappa shape index (κ1) is 10.7. The number of nitrogens with one attached hydrogen (secondary N) is 1. The van der Waals surface area contributed by atoms with Gasteiger partial charge in [0.2, 0.25) is 0 Å². The number of benzene rings is 1. The van der Waals surface area contributed by atoms with Gasteiger partial charge in [0.15, 0.2) is 0 Å². The molecule has 0 fully saturated rings. The molecule has 1 aromatic rings. The van der Waals surface area contributed by atoms with Gasteiger partial charge in [0.05, 0.1) is 11.4 Å². The van der Waals surface area contributed by atoms with Crippen LogP contribution < -0.4 is 10.2 Å². The van der Waals surface area contributed by atoms with Gasteiger partial charge in [-0.15, -0.1) is 0 Å². The second-order valence-electron chi connectivity index (χ2n) is 4.13. The van der Waals surface area contributed by atoms with E-state index in [2.05, 4.69) is 23.2 Å². The summed E-state index contributed by atoms with van der Waals surface area (Å²) in [4.78, 5) is 14.4. The molecule has 17 heavy (non-hydrogen) atoms. The summed E-state index contributed by atoms with van der Waals surface area (Å²) in [6, 6.07) is 8.00. The zero-order valence-corrected chi connectivity index (χ0v) is 10.5. The first-order chi connectivity index (χ1) is 8.31. The van der Waals surface area contributed by atoms with E-state index < -0.39 is 0 Å². The van der Waals surface area contributed by atoms with Gasteiger partial charge in [-0.2, -0.15) is 11.8 Å². The van der Waals surface area contributed by atoms with Crippen LogP contribution in [0.5, 0.6) is 0 Å². The number of amides is 1.